The van der Waals surface area contributed by atoms with Crippen LogP contribution >= 0.6 is 0 Å². The van der Waals surface area contributed by atoms with Crippen LogP contribution in [0.3, 0.4) is 0 Å². The summed E-state index contributed by atoms with van der Waals surface area (Å²) in [6.07, 6.45) is -0.484. The topological polar surface area (TPSA) is 15.3 Å². The van der Waals surface area contributed by atoms with Crippen molar-refractivity contribution < 1.29 is 13.2 Å². The van der Waals surface area contributed by atoms with Gasteiger partial charge >= 0.3 is 6.18 Å². The molecular formula is C12H23F3N2. The second-order valence-corrected chi connectivity index (χ2v) is 4.77. The van der Waals surface area contributed by atoms with E-state index < -0.39 is 12.7 Å². The van der Waals surface area contributed by atoms with Crippen LogP contribution in [-0.4, -0.2) is 42.8 Å². The van der Waals surface area contributed by atoms with Crippen LogP contribution in [-0.2, 0) is 0 Å². The average Bonchev–Trinajstić information content (AvgIpc) is 3.03. The van der Waals surface area contributed by atoms with E-state index in [1.165, 1.54) is 0 Å². The van der Waals surface area contributed by atoms with Crippen molar-refractivity contribution in [1.29, 1.82) is 0 Å². The molecule has 1 aliphatic rings. The van der Waals surface area contributed by atoms with E-state index in [9.17, 15) is 13.2 Å². The first-order chi connectivity index (χ1) is 7.98. The summed E-state index contributed by atoms with van der Waals surface area (Å²) in [5, 5.41) is 3.17. The Balaban J connectivity index is 2.56. The van der Waals surface area contributed by atoms with Crippen LogP contribution in [0, 0.1) is 0 Å². The Kier molecular flexibility index (Phi) is 5.73. The zero-order valence-corrected chi connectivity index (χ0v) is 10.7. The normalized spacial score (nSPS) is 18.7. The Morgan fingerprint density at radius 1 is 1.29 bits per heavy atom. The molecule has 0 aliphatic heterocycles. The van der Waals surface area contributed by atoms with Crippen LogP contribution in [0.15, 0.2) is 0 Å². The van der Waals surface area contributed by atoms with Gasteiger partial charge in [0.25, 0.3) is 0 Å². The molecule has 0 radical (unpaired) electrons. The van der Waals surface area contributed by atoms with Crippen molar-refractivity contribution in [2.24, 2.45) is 0 Å². The first-order valence-electron chi connectivity index (χ1n) is 6.51. The van der Waals surface area contributed by atoms with Gasteiger partial charge in [-0.2, -0.15) is 13.2 Å². The van der Waals surface area contributed by atoms with E-state index in [1.807, 2.05) is 13.8 Å². The third-order valence-corrected chi connectivity index (χ3v) is 3.10. The Hall–Kier alpha value is -0.290. The van der Waals surface area contributed by atoms with E-state index in [2.05, 4.69) is 5.32 Å². The van der Waals surface area contributed by atoms with Crippen molar-refractivity contribution >= 4 is 0 Å². The number of hydrogen-bond acceptors (Lipinski definition) is 2. The molecule has 1 saturated carbocycles. The third kappa shape index (κ3) is 5.73. The van der Waals surface area contributed by atoms with Gasteiger partial charge in [0.2, 0.25) is 0 Å². The molecule has 2 nitrogen and oxygen atoms in total. The zero-order chi connectivity index (χ0) is 12.9. The van der Waals surface area contributed by atoms with Gasteiger partial charge in [0.1, 0.15) is 0 Å². The molecule has 0 aromatic carbocycles. The summed E-state index contributed by atoms with van der Waals surface area (Å²) in [4.78, 5) is 1.66. The first-order valence-corrected chi connectivity index (χ1v) is 6.51. The van der Waals surface area contributed by atoms with Gasteiger partial charge in [-0.05, 0) is 25.8 Å². The smallest absolute Gasteiger partial charge is 0.315 e. The Morgan fingerprint density at radius 2 is 1.94 bits per heavy atom. The van der Waals surface area contributed by atoms with Crippen molar-refractivity contribution in [2.45, 2.75) is 57.8 Å². The third-order valence-electron chi connectivity index (χ3n) is 3.10. The summed E-state index contributed by atoms with van der Waals surface area (Å²) in [5.74, 6) is 0. The number of halogens is 3. The second-order valence-electron chi connectivity index (χ2n) is 4.77. The number of nitrogens with one attached hydrogen (secondary N) is 1. The van der Waals surface area contributed by atoms with Crippen LogP contribution in [0.2, 0.25) is 0 Å². The van der Waals surface area contributed by atoms with Gasteiger partial charge < -0.3 is 5.32 Å². The summed E-state index contributed by atoms with van der Waals surface area (Å²) in [6, 6.07) is 0.181. The number of hydrogen-bond donors (Lipinski definition) is 1. The molecule has 1 unspecified atom stereocenters. The van der Waals surface area contributed by atoms with Gasteiger partial charge in [0.05, 0.1) is 6.54 Å². The summed E-state index contributed by atoms with van der Waals surface area (Å²) < 4.78 is 37.7. The molecule has 0 aromatic heterocycles. The first kappa shape index (κ1) is 14.8. The fraction of sp³-hybridized carbons (Fsp3) is 1.00. The molecule has 1 rings (SSSR count). The fourth-order valence-corrected chi connectivity index (χ4v) is 2.20. The van der Waals surface area contributed by atoms with Crippen LogP contribution in [0.25, 0.3) is 0 Å². The minimum atomic E-state index is -4.08. The molecule has 1 fully saturated rings. The molecule has 1 aliphatic carbocycles. The maximum Gasteiger partial charge on any atom is 0.401 e. The lowest BCUT2D eigenvalue weighted by Gasteiger charge is -2.32. The minimum Gasteiger partial charge on any atom is -0.315 e. The lowest BCUT2D eigenvalue weighted by atomic mass is 10.1. The van der Waals surface area contributed by atoms with Gasteiger partial charge in [-0.3, -0.25) is 4.90 Å². The quantitative estimate of drug-likeness (QED) is 0.714. The van der Waals surface area contributed by atoms with Gasteiger partial charge in [-0.25, -0.2) is 0 Å². The molecule has 102 valence electrons. The molecule has 0 aromatic rings. The molecule has 17 heavy (non-hydrogen) atoms. The molecule has 5 heteroatoms. The predicted molar refractivity (Wildman–Crippen MR) is 63.0 cm³/mol. The van der Waals surface area contributed by atoms with E-state index in [4.69, 9.17) is 0 Å². The van der Waals surface area contributed by atoms with Crippen LogP contribution in [0.4, 0.5) is 13.2 Å². The van der Waals surface area contributed by atoms with Crippen molar-refractivity contribution in [3.63, 3.8) is 0 Å². The number of rotatable bonds is 8. The summed E-state index contributed by atoms with van der Waals surface area (Å²) in [5.41, 5.74) is 0. The van der Waals surface area contributed by atoms with Crippen molar-refractivity contribution in [2.75, 3.05) is 19.6 Å². The minimum absolute atomic E-state index is 0.0223. The highest BCUT2D eigenvalue weighted by Gasteiger charge is 2.40. The van der Waals surface area contributed by atoms with E-state index in [0.29, 0.717) is 6.54 Å². The average molecular weight is 252 g/mol. The number of likely N-dealkylation sites (N-methyl/N-ethyl adjacent to an activating group) is 1. The predicted octanol–water partition coefficient (Wildman–Crippen LogP) is 2.79. The number of alkyl halides is 3. The molecule has 0 bridgehead atoms. The van der Waals surface area contributed by atoms with Crippen LogP contribution < -0.4 is 5.32 Å². The fourth-order valence-electron chi connectivity index (χ4n) is 2.20. The molecule has 0 spiro atoms. The van der Waals surface area contributed by atoms with Crippen molar-refractivity contribution in [3.05, 3.63) is 0 Å². The summed E-state index contributed by atoms with van der Waals surface area (Å²) in [7, 11) is 0. The highest BCUT2D eigenvalue weighted by atomic mass is 19.4. The molecule has 0 amide bonds. The molecular weight excluding hydrogens is 229 g/mol. The standard InChI is InChI=1S/C12H23F3N2/c1-3-5-11(8-16-4-2)17(10-6-7-10)9-12(13,14)15/h10-11,16H,3-9H2,1-2H3. The van der Waals surface area contributed by atoms with E-state index >= 15 is 0 Å². The van der Waals surface area contributed by atoms with Gasteiger partial charge in [0.15, 0.2) is 0 Å². The van der Waals surface area contributed by atoms with Crippen LogP contribution in [0.1, 0.15) is 39.5 Å². The SMILES string of the molecule is CCCC(CNCC)N(CC(F)(F)F)C1CC1. The summed E-state index contributed by atoms with van der Waals surface area (Å²) >= 11 is 0. The second kappa shape index (κ2) is 6.59. The maximum atomic E-state index is 12.6. The van der Waals surface area contributed by atoms with Crippen molar-refractivity contribution in [1.82, 2.24) is 10.2 Å². The lowest BCUT2D eigenvalue weighted by molar-refractivity contribution is -0.152. The van der Waals surface area contributed by atoms with Crippen LogP contribution in [0.5, 0.6) is 0 Å². The number of nitrogens with zero attached hydrogens (tertiary/aromatic N) is 1. The molecule has 0 heterocycles. The van der Waals surface area contributed by atoms with Gasteiger partial charge in [-0.15, -0.1) is 0 Å². The highest BCUT2D eigenvalue weighted by Crippen LogP contribution is 2.32. The monoisotopic (exact) mass is 252 g/mol. The Morgan fingerprint density at radius 3 is 2.35 bits per heavy atom. The molecule has 1 atom stereocenters. The highest BCUT2D eigenvalue weighted by molar-refractivity contribution is 4.90. The van der Waals surface area contributed by atoms with Gasteiger partial charge in [-0.1, -0.05) is 20.3 Å². The Bertz CT molecular complexity index is 214. The largest absolute Gasteiger partial charge is 0.401 e. The summed E-state index contributed by atoms with van der Waals surface area (Å²) in [6.45, 7) is 4.72. The van der Waals surface area contributed by atoms with E-state index in [1.54, 1.807) is 4.90 Å². The zero-order valence-electron chi connectivity index (χ0n) is 10.7. The Labute approximate surface area is 102 Å². The van der Waals surface area contributed by atoms with Crippen molar-refractivity contribution in [3.8, 4) is 0 Å². The molecule has 0 saturated heterocycles. The van der Waals surface area contributed by atoms with E-state index in [0.717, 1.165) is 32.2 Å². The molecule has 1 N–H and O–H groups in total. The van der Waals surface area contributed by atoms with Gasteiger partial charge in [0, 0.05) is 18.6 Å². The van der Waals surface area contributed by atoms with E-state index in [-0.39, 0.29) is 12.1 Å². The maximum absolute atomic E-state index is 12.6. The lowest BCUT2D eigenvalue weighted by Crippen LogP contribution is -2.47.